The molecule has 0 saturated carbocycles. The molecule has 8 heteroatoms. The van der Waals surface area contributed by atoms with Crippen LogP contribution in [0.25, 0.3) is 0 Å². The number of sulfonamides is 1. The Morgan fingerprint density at radius 2 is 1.72 bits per heavy atom. The van der Waals surface area contributed by atoms with E-state index in [4.69, 9.17) is 0 Å². The van der Waals surface area contributed by atoms with Gasteiger partial charge >= 0.3 is 0 Å². The van der Waals surface area contributed by atoms with E-state index < -0.39 is 10.0 Å². The van der Waals surface area contributed by atoms with Crippen LogP contribution in [0.3, 0.4) is 0 Å². The highest BCUT2D eigenvalue weighted by Gasteiger charge is 2.25. The predicted molar refractivity (Wildman–Crippen MR) is 114 cm³/mol. The zero-order valence-corrected chi connectivity index (χ0v) is 17.5. The number of aryl methyl sites for hydroxylation is 1. The van der Waals surface area contributed by atoms with Crippen molar-refractivity contribution in [3.05, 3.63) is 48.0 Å². The number of nitrogens with one attached hydrogen (secondary N) is 2. The zero-order chi connectivity index (χ0) is 21.2. The van der Waals surface area contributed by atoms with E-state index in [2.05, 4.69) is 23.9 Å². The number of rotatable bonds is 6. The van der Waals surface area contributed by atoms with Gasteiger partial charge in [-0.15, -0.1) is 0 Å². The SMILES string of the molecule is CC(=O)Nc1ccc(S(=O)(=O)Nc2ccc3c(c2)CCC(=O)N3CC(C)C)cc1. The molecule has 1 aliphatic heterocycles. The molecular weight excluding hydrogens is 390 g/mol. The van der Waals surface area contributed by atoms with E-state index in [9.17, 15) is 18.0 Å². The van der Waals surface area contributed by atoms with Crippen LogP contribution in [-0.4, -0.2) is 26.8 Å². The van der Waals surface area contributed by atoms with Crippen LogP contribution in [0.2, 0.25) is 0 Å². The van der Waals surface area contributed by atoms with Crippen LogP contribution in [-0.2, 0) is 26.0 Å². The largest absolute Gasteiger partial charge is 0.326 e. The maximum absolute atomic E-state index is 12.7. The molecule has 29 heavy (non-hydrogen) atoms. The summed E-state index contributed by atoms with van der Waals surface area (Å²) in [5.41, 5.74) is 2.78. The molecule has 2 aromatic rings. The van der Waals surface area contributed by atoms with Crippen molar-refractivity contribution in [2.45, 2.75) is 38.5 Å². The topological polar surface area (TPSA) is 95.6 Å². The third-order valence-electron chi connectivity index (χ3n) is 4.56. The van der Waals surface area contributed by atoms with Crippen LogP contribution in [0.5, 0.6) is 0 Å². The van der Waals surface area contributed by atoms with Crippen LogP contribution in [0, 0.1) is 5.92 Å². The van der Waals surface area contributed by atoms with Crippen LogP contribution in [0.4, 0.5) is 17.1 Å². The maximum Gasteiger partial charge on any atom is 0.261 e. The van der Waals surface area contributed by atoms with Crippen molar-refractivity contribution in [1.82, 2.24) is 0 Å². The van der Waals surface area contributed by atoms with E-state index in [0.717, 1.165) is 11.3 Å². The number of nitrogens with zero attached hydrogens (tertiary/aromatic N) is 1. The molecular formula is C21H25N3O4S. The summed E-state index contributed by atoms with van der Waals surface area (Å²) in [7, 11) is -3.77. The molecule has 2 N–H and O–H groups in total. The van der Waals surface area contributed by atoms with E-state index in [0.29, 0.717) is 36.7 Å². The summed E-state index contributed by atoms with van der Waals surface area (Å²) in [6.45, 7) is 6.14. The summed E-state index contributed by atoms with van der Waals surface area (Å²) >= 11 is 0. The average Bonchev–Trinajstić information content (AvgIpc) is 2.63. The molecule has 0 aromatic heterocycles. The predicted octanol–water partition coefficient (Wildman–Crippen LogP) is 3.38. The average molecular weight is 416 g/mol. The van der Waals surface area contributed by atoms with E-state index in [1.807, 2.05) is 0 Å². The van der Waals surface area contributed by atoms with Crippen molar-refractivity contribution >= 4 is 38.9 Å². The highest BCUT2D eigenvalue weighted by Crippen LogP contribution is 2.31. The van der Waals surface area contributed by atoms with Crippen molar-refractivity contribution in [1.29, 1.82) is 0 Å². The lowest BCUT2D eigenvalue weighted by Gasteiger charge is -2.31. The second-order valence-corrected chi connectivity index (χ2v) is 9.24. The molecule has 2 aromatic carbocycles. The lowest BCUT2D eigenvalue weighted by Crippen LogP contribution is -2.37. The maximum atomic E-state index is 12.7. The Balaban J connectivity index is 1.81. The van der Waals surface area contributed by atoms with Crippen molar-refractivity contribution < 1.29 is 18.0 Å². The van der Waals surface area contributed by atoms with Gasteiger partial charge in [0.25, 0.3) is 10.0 Å². The molecule has 0 radical (unpaired) electrons. The lowest BCUT2D eigenvalue weighted by molar-refractivity contribution is -0.119. The Labute approximate surface area is 171 Å². The van der Waals surface area contributed by atoms with Crippen LogP contribution in [0.1, 0.15) is 32.8 Å². The minimum atomic E-state index is -3.77. The Kier molecular flexibility index (Phi) is 5.93. The molecule has 0 unspecified atom stereocenters. The van der Waals surface area contributed by atoms with Gasteiger partial charge in [0, 0.05) is 37.0 Å². The molecule has 0 atom stereocenters. The first kappa shape index (κ1) is 20.9. The monoisotopic (exact) mass is 415 g/mol. The molecule has 0 bridgehead atoms. The van der Waals surface area contributed by atoms with Gasteiger partial charge in [0.2, 0.25) is 11.8 Å². The van der Waals surface area contributed by atoms with Crippen molar-refractivity contribution in [2.24, 2.45) is 5.92 Å². The third kappa shape index (κ3) is 4.95. The second-order valence-electron chi connectivity index (χ2n) is 7.55. The molecule has 0 saturated heterocycles. The number of carbonyl (C=O) groups excluding carboxylic acids is 2. The van der Waals surface area contributed by atoms with E-state index >= 15 is 0 Å². The fourth-order valence-electron chi connectivity index (χ4n) is 3.32. The highest BCUT2D eigenvalue weighted by atomic mass is 32.2. The number of carbonyl (C=O) groups is 2. The van der Waals surface area contributed by atoms with Crippen LogP contribution >= 0.6 is 0 Å². The van der Waals surface area contributed by atoms with Gasteiger partial charge in [0.15, 0.2) is 0 Å². The molecule has 2 amide bonds. The van der Waals surface area contributed by atoms with E-state index in [1.165, 1.54) is 31.2 Å². The van der Waals surface area contributed by atoms with Crippen LogP contribution in [0.15, 0.2) is 47.4 Å². The van der Waals surface area contributed by atoms with Gasteiger partial charge in [0.1, 0.15) is 0 Å². The number of hydrogen-bond acceptors (Lipinski definition) is 4. The van der Waals surface area contributed by atoms with Crippen molar-refractivity contribution in [3.8, 4) is 0 Å². The first-order valence-corrected chi connectivity index (χ1v) is 11.0. The van der Waals surface area contributed by atoms with Gasteiger partial charge < -0.3 is 10.2 Å². The van der Waals surface area contributed by atoms with Gasteiger partial charge in [-0.2, -0.15) is 0 Å². The Hall–Kier alpha value is -2.87. The quantitative estimate of drug-likeness (QED) is 0.756. The fraction of sp³-hybridized carbons (Fsp3) is 0.333. The zero-order valence-electron chi connectivity index (χ0n) is 16.7. The fourth-order valence-corrected chi connectivity index (χ4v) is 4.37. The molecule has 1 heterocycles. The standard InChI is InChI=1S/C21H25N3O4S/c1-14(2)13-24-20-10-7-18(12-16(20)4-11-21(24)26)23-29(27,28)19-8-5-17(6-9-19)22-15(3)25/h5-10,12,14,23H,4,11,13H2,1-3H3,(H,22,25). The summed E-state index contributed by atoms with van der Waals surface area (Å²) in [6.07, 6.45) is 1.00. The van der Waals surface area contributed by atoms with Gasteiger partial charge in [0.05, 0.1) is 4.90 Å². The molecule has 7 nitrogen and oxygen atoms in total. The van der Waals surface area contributed by atoms with Gasteiger partial charge in [-0.3, -0.25) is 14.3 Å². The summed E-state index contributed by atoms with van der Waals surface area (Å²) in [6, 6.07) is 11.2. The molecule has 0 spiro atoms. The third-order valence-corrected chi connectivity index (χ3v) is 5.96. The summed E-state index contributed by atoms with van der Waals surface area (Å²) in [5.74, 6) is 0.208. The van der Waals surface area contributed by atoms with Gasteiger partial charge in [-0.1, -0.05) is 13.8 Å². The minimum absolute atomic E-state index is 0.0961. The molecule has 0 fully saturated rings. The Morgan fingerprint density at radius 3 is 2.34 bits per heavy atom. The summed E-state index contributed by atoms with van der Waals surface area (Å²) < 4.78 is 28.0. The minimum Gasteiger partial charge on any atom is -0.326 e. The first-order valence-electron chi connectivity index (χ1n) is 9.49. The van der Waals surface area contributed by atoms with Crippen molar-refractivity contribution in [3.63, 3.8) is 0 Å². The number of fused-ring (bicyclic) bond motifs is 1. The molecule has 3 rings (SSSR count). The summed E-state index contributed by atoms with van der Waals surface area (Å²) in [4.78, 5) is 25.2. The molecule has 154 valence electrons. The first-order chi connectivity index (χ1) is 13.7. The number of benzene rings is 2. The second kappa shape index (κ2) is 8.24. The van der Waals surface area contributed by atoms with Gasteiger partial charge in [-0.05, 0) is 60.4 Å². The Morgan fingerprint density at radius 1 is 1.07 bits per heavy atom. The summed E-state index contributed by atoms with van der Waals surface area (Å²) in [5, 5.41) is 2.60. The number of hydrogen-bond donors (Lipinski definition) is 2. The smallest absolute Gasteiger partial charge is 0.261 e. The molecule has 0 aliphatic carbocycles. The number of amides is 2. The number of anilines is 3. The van der Waals surface area contributed by atoms with E-state index in [-0.39, 0.29) is 16.7 Å². The highest BCUT2D eigenvalue weighted by molar-refractivity contribution is 7.92. The lowest BCUT2D eigenvalue weighted by atomic mass is 9.99. The Bertz CT molecular complexity index is 1030. The molecule has 1 aliphatic rings. The van der Waals surface area contributed by atoms with Crippen LogP contribution < -0.4 is 14.9 Å². The normalized spacial score (nSPS) is 13.9. The van der Waals surface area contributed by atoms with E-state index in [1.54, 1.807) is 23.1 Å². The van der Waals surface area contributed by atoms with Gasteiger partial charge in [-0.25, -0.2) is 8.42 Å². The van der Waals surface area contributed by atoms with Crippen molar-refractivity contribution in [2.75, 3.05) is 21.5 Å².